The lowest BCUT2D eigenvalue weighted by molar-refractivity contribution is 0.205. The summed E-state index contributed by atoms with van der Waals surface area (Å²) in [6, 6.07) is 0.696. The second kappa shape index (κ2) is 7.10. The largest absolute Gasteiger partial charge is 0.409 e. The molecule has 0 aromatic rings. The molecule has 1 aliphatic rings. The fraction of sp³-hybridized carbons (Fsp3) is 0.929. The summed E-state index contributed by atoms with van der Waals surface area (Å²) in [4.78, 5) is 5.03. The summed E-state index contributed by atoms with van der Waals surface area (Å²) in [5.74, 6) is 0.326. The summed E-state index contributed by atoms with van der Waals surface area (Å²) in [5.41, 5.74) is 5.49. The van der Waals surface area contributed by atoms with Crippen molar-refractivity contribution in [1.29, 1.82) is 0 Å². The second-order valence-corrected chi connectivity index (χ2v) is 6.08. The highest BCUT2D eigenvalue weighted by molar-refractivity contribution is 5.85. The zero-order valence-corrected chi connectivity index (χ0v) is 12.9. The number of rotatable bonds is 7. The third-order valence-electron chi connectivity index (χ3n) is 4.43. The number of nitrogens with two attached hydrogens (primary N) is 1. The zero-order chi connectivity index (χ0) is 14.5. The van der Waals surface area contributed by atoms with Crippen LogP contribution in [0.2, 0.25) is 0 Å². The zero-order valence-electron chi connectivity index (χ0n) is 12.9. The van der Waals surface area contributed by atoms with Gasteiger partial charge in [-0.3, -0.25) is 4.90 Å². The van der Waals surface area contributed by atoms with Crippen LogP contribution in [0.5, 0.6) is 0 Å². The number of hydrogen-bond donors (Lipinski definition) is 2. The van der Waals surface area contributed by atoms with Gasteiger partial charge in [-0.15, -0.1) is 0 Å². The number of hydrogen-bond acceptors (Lipinski definition) is 4. The smallest absolute Gasteiger partial charge is 0.144 e. The molecule has 0 aromatic carbocycles. The Balaban J connectivity index is 2.41. The van der Waals surface area contributed by atoms with Crippen LogP contribution in [0, 0.1) is 5.41 Å². The summed E-state index contributed by atoms with van der Waals surface area (Å²) in [5, 5.41) is 11.9. The fourth-order valence-electron chi connectivity index (χ4n) is 2.75. The number of oxime groups is 1. The second-order valence-electron chi connectivity index (χ2n) is 6.08. The number of likely N-dealkylation sites (tertiary alicyclic amines) is 1. The van der Waals surface area contributed by atoms with E-state index < -0.39 is 0 Å². The fourth-order valence-corrected chi connectivity index (χ4v) is 2.75. The van der Waals surface area contributed by atoms with Crippen LogP contribution >= 0.6 is 0 Å². The van der Waals surface area contributed by atoms with Crippen molar-refractivity contribution in [1.82, 2.24) is 9.80 Å². The van der Waals surface area contributed by atoms with Crippen LogP contribution in [0.3, 0.4) is 0 Å². The highest BCUT2D eigenvalue weighted by Gasteiger charge is 2.29. The van der Waals surface area contributed by atoms with Gasteiger partial charge in [0.2, 0.25) is 0 Å². The molecule has 1 atom stereocenters. The topological polar surface area (TPSA) is 65.1 Å². The van der Waals surface area contributed by atoms with E-state index in [1.807, 2.05) is 13.8 Å². The van der Waals surface area contributed by atoms with Gasteiger partial charge in [-0.05, 0) is 39.0 Å². The van der Waals surface area contributed by atoms with E-state index in [0.717, 1.165) is 39.1 Å². The van der Waals surface area contributed by atoms with Crippen molar-refractivity contribution in [2.24, 2.45) is 16.3 Å². The van der Waals surface area contributed by atoms with Crippen LogP contribution < -0.4 is 5.73 Å². The summed E-state index contributed by atoms with van der Waals surface area (Å²) < 4.78 is 0. The molecular formula is C14H30N4O. The SMILES string of the molecule is CCN(CC)C1CCN(CCC(C)(C)C(N)=NO)C1. The summed E-state index contributed by atoms with van der Waals surface area (Å²) in [6.45, 7) is 14.1. The molecule has 0 amide bonds. The molecule has 0 aromatic heterocycles. The molecule has 19 heavy (non-hydrogen) atoms. The first kappa shape index (κ1) is 16.2. The lowest BCUT2D eigenvalue weighted by atomic mass is 9.88. The molecule has 1 unspecified atom stereocenters. The first-order valence-corrected chi connectivity index (χ1v) is 7.39. The van der Waals surface area contributed by atoms with Crippen molar-refractivity contribution < 1.29 is 5.21 Å². The maximum atomic E-state index is 8.78. The summed E-state index contributed by atoms with van der Waals surface area (Å²) in [6.07, 6.45) is 2.18. The minimum atomic E-state index is -0.234. The first-order chi connectivity index (χ1) is 8.94. The van der Waals surface area contributed by atoms with E-state index >= 15 is 0 Å². The molecule has 0 aliphatic carbocycles. The Kier molecular flexibility index (Phi) is 6.07. The molecule has 1 aliphatic heterocycles. The Morgan fingerprint density at radius 3 is 2.58 bits per heavy atom. The van der Waals surface area contributed by atoms with E-state index in [9.17, 15) is 0 Å². The Morgan fingerprint density at radius 2 is 2.05 bits per heavy atom. The highest BCUT2D eigenvalue weighted by atomic mass is 16.4. The minimum Gasteiger partial charge on any atom is -0.409 e. The van der Waals surface area contributed by atoms with Gasteiger partial charge in [-0.2, -0.15) is 0 Å². The van der Waals surface area contributed by atoms with Crippen LogP contribution in [0.25, 0.3) is 0 Å². The van der Waals surface area contributed by atoms with Crippen molar-refractivity contribution in [2.75, 3.05) is 32.7 Å². The van der Waals surface area contributed by atoms with Crippen molar-refractivity contribution >= 4 is 5.84 Å². The van der Waals surface area contributed by atoms with Gasteiger partial charge in [-0.25, -0.2) is 0 Å². The Hall–Kier alpha value is -0.810. The Labute approximate surface area is 117 Å². The van der Waals surface area contributed by atoms with E-state index in [4.69, 9.17) is 10.9 Å². The van der Waals surface area contributed by atoms with Gasteiger partial charge >= 0.3 is 0 Å². The van der Waals surface area contributed by atoms with Gasteiger partial charge in [-0.1, -0.05) is 32.9 Å². The third-order valence-corrected chi connectivity index (χ3v) is 4.43. The molecule has 1 saturated heterocycles. The van der Waals surface area contributed by atoms with E-state index in [2.05, 4.69) is 28.8 Å². The third kappa shape index (κ3) is 4.35. The molecule has 1 heterocycles. The van der Waals surface area contributed by atoms with E-state index in [1.54, 1.807) is 0 Å². The van der Waals surface area contributed by atoms with Gasteiger partial charge < -0.3 is 15.8 Å². The van der Waals surface area contributed by atoms with Gasteiger partial charge in [0.25, 0.3) is 0 Å². The maximum absolute atomic E-state index is 8.78. The van der Waals surface area contributed by atoms with Gasteiger partial charge in [0, 0.05) is 18.0 Å². The van der Waals surface area contributed by atoms with Crippen molar-refractivity contribution in [3.05, 3.63) is 0 Å². The monoisotopic (exact) mass is 270 g/mol. The quantitative estimate of drug-likeness (QED) is 0.319. The van der Waals surface area contributed by atoms with E-state index in [1.165, 1.54) is 6.42 Å². The van der Waals surface area contributed by atoms with Crippen molar-refractivity contribution in [3.63, 3.8) is 0 Å². The van der Waals surface area contributed by atoms with E-state index in [-0.39, 0.29) is 5.41 Å². The van der Waals surface area contributed by atoms with Crippen LogP contribution in [-0.4, -0.2) is 59.6 Å². The molecule has 0 bridgehead atoms. The van der Waals surface area contributed by atoms with Crippen LogP contribution in [0.4, 0.5) is 0 Å². The number of amidine groups is 1. The summed E-state index contributed by atoms with van der Waals surface area (Å²) >= 11 is 0. The predicted octanol–water partition coefficient (Wildman–Crippen LogP) is 1.57. The molecule has 5 nitrogen and oxygen atoms in total. The van der Waals surface area contributed by atoms with Gasteiger partial charge in [0.15, 0.2) is 0 Å². The predicted molar refractivity (Wildman–Crippen MR) is 79.6 cm³/mol. The highest BCUT2D eigenvalue weighted by Crippen LogP contribution is 2.23. The molecular weight excluding hydrogens is 240 g/mol. The first-order valence-electron chi connectivity index (χ1n) is 7.39. The lowest BCUT2D eigenvalue weighted by Crippen LogP contribution is -2.39. The van der Waals surface area contributed by atoms with Gasteiger partial charge in [0.05, 0.1) is 0 Å². The standard InChI is InChI=1S/C14H30N4O/c1-5-18(6-2)12-7-9-17(11-12)10-8-14(3,4)13(15)16-19/h12,19H,5-11H2,1-4H3,(H2,15,16). The normalized spacial score (nSPS) is 22.4. The molecule has 0 radical (unpaired) electrons. The summed E-state index contributed by atoms with van der Waals surface area (Å²) in [7, 11) is 0. The minimum absolute atomic E-state index is 0.234. The molecule has 3 N–H and O–H groups in total. The molecule has 112 valence electrons. The van der Waals surface area contributed by atoms with E-state index in [0.29, 0.717) is 11.9 Å². The van der Waals surface area contributed by atoms with Crippen LogP contribution in [0.1, 0.15) is 40.5 Å². The Bertz CT molecular complexity index is 300. The average Bonchev–Trinajstić information content (AvgIpc) is 2.86. The lowest BCUT2D eigenvalue weighted by Gasteiger charge is -2.28. The van der Waals surface area contributed by atoms with Crippen molar-refractivity contribution in [2.45, 2.75) is 46.6 Å². The van der Waals surface area contributed by atoms with Crippen LogP contribution in [0.15, 0.2) is 5.16 Å². The Morgan fingerprint density at radius 1 is 1.42 bits per heavy atom. The number of likely N-dealkylation sites (N-methyl/N-ethyl adjacent to an activating group) is 1. The van der Waals surface area contributed by atoms with Crippen LogP contribution in [-0.2, 0) is 0 Å². The number of nitrogens with zero attached hydrogens (tertiary/aromatic N) is 3. The molecule has 0 saturated carbocycles. The average molecular weight is 270 g/mol. The maximum Gasteiger partial charge on any atom is 0.144 e. The molecule has 1 rings (SSSR count). The molecule has 0 spiro atoms. The molecule has 1 fully saturated rings. The van der Waals surface area contributed by atoms with Crippen molar-refractivity contribution in [3.8, 4) is 0 Å². The molecule has 5 heteroatoms. The van der Waals surface area contributed by atoms with Gasteiger partial charge in [0.1, 0.15) is 5.84 Å².